The molecular weight excluding hydrogens is 247 g/mol. The second-order valence-electron chi connectivity index (χ2n) is 4.11. The molecule has 1 aliphatic rings. The van der Waals surface area contributed by atoms with Crippen LogP contribution in [0.2, 0.25) is 0 Å². The molecule has 0 saturated carbocycles. The van der Waals surface area contributed by atoms with Crippen molar-refractivity contribution in [3.05, 3.63) is 35.9 Å². The van der Waals surface area contributed by atoms with Gasteiger partial charge in [-0.3, -0.25) is 9.53 Å². The van der Waals surface area contributed by atoms with Crippen molar-refractivity contribution in [2.45, 2.75) is 24.9 Å². The Labute approximate surface area is 102 Å². The van der Waals surface area contributed by atoms with E-state index in [0.29, 0.717) is 5.56 Å². The van der Waals surface area contributed by atoms with Crippen molar-refractivity contribution < 1.29 is 22.7 Å². The van der Waals surface area contributed by atoms with Crippen molar-refractivity contribution in [2.24, 2.45) is 0 Å². The minimum Gasteiger partial charge on any atom is -0.304 e. The number of carbonyl (C=O) groups is 1. The Morgan fingerprint density at radius 3 is 2.56 bits per heavy atom. The average Bonchev–Trinajstić information content (AvgIpc) is 2.75. The number of hydrogen-bond acceptors (Lipinski definition) is 3. The highest BCUT2D eigenvalue weighted by Crippen LogP contribution is 2.24. The van der Waals surface area contributed by atoms with Gasteiger partial charge in [0.05, 0.1) is 12.1 Å². The molecule has 1 fully saturated rings. The van der Waals surface area contributed by atoms with Crippen LogP contribution in [0.5, 0.6) is 0 Å². The summed E-state index contributed by atoms with van der Waals surface area (Å²) in [5.41, 5.74) is 0.489. The molecule has 18 heavy (non-hydrogen) atoms. The lowest BCUT2D eigenvalue weighted by molar-refractivity contribution is -0.340. The van der Waals surface area contributed by atoms with Crippen LogP contribution >= 0.6 is 0 Å². The summed E-state index contributed by atoms with van der Waals surface area (Å²) in [4.78, 5) is 12.0. The number of rotatable bonds is 3. The molecule has 0 spiro atoms. The molecule has 0 amide bonds. The number of ketones is 1. The summed E-state index contributed by atoms with van der Waals surface area (Å²) in [5.74, 6) is -0.205. The van der Waals surface area contributed by atoms with Crippen LogP contribution in [-0.2, 0) is 4.74 Å². The summed E-state index contributed by atoms with van der Waals surface area (Å²) in [6.07, 6.45) is -5.62. The molecule has 1 aliphatic heterocycles. The van der Waals surface area contributed by atoms with Crippen molar-refractivity contribution in [3.8, 4) is 0 Å². The highest BCUT2D eigenvalue weighted by molar-refractivity contribution is 6.00. The highest BCUT2D eigenvalue weighted by Gasteiger charge is 2.38. The predicted octanol–water partition coefficient (Wildman–Crippen LogP) is 2.14. The van der Waals surface area contributed by atoms with Gasteiger partial charge in [0.25, 0.3) is 0 Å². The summed E-state index contributed by atoms with van der Waals surface area (Å²) in [6, 6.07) is 7.87. The first-order valence-electron chi connectivity index (χ1n) is 5.53. The van der Waals surface area contributed by atoms with Gasteiger partial charge in [-0.1, -0.05) is 30.3 Å². The van der Waals surface area contributed by atoms with E-state index in [2.05, 4.69) is 10.1 Å². The number of ether oxygens (including phenoxy) is 1. The number of benzene rings is 1. The van der Waals surface area contributed by atoms with E-state index in [1.165, 1.54) is 0 Å². The zero-order chi connectivity index (χ0) is 13.2. The summed E-state index contributed by atoms with van der Waals surface area (Å²) in [6.45, 7) is 0.0305. The number of halogens is 3. The second-order valence-corrected chi connectivity index (χ2v) is 4.11. The van der Waals surface area contributed by atoms with Crippen LogP contribution < -0.4 is 5.32 Å². The first-order valence-corrected chi connectivity index (χ1v) is 5.53. The Hall–Kier alpha value is -1.40. The third-order valence-electron chi connectivity index (χ3n) is 2.77. The van der Waals surface area contributed by atoms with Crippen molar-refractivity contribution in [3.63, 3.8) is 0 Å². The van der Waals surface area contributed by atoms with E-state index in [-0.39, 0.29) is 18.7 Å². The van der Waals surface area contributed by atoms with Crippen LogP contribution in [0, 0.1) is 0 Å². The number of Topliss-reactive ketones (excluding diaryl/α,β-unsaturated/α-hetero) is 1. The number of hydrogen-bond donors (Lipinski definition) is 1. The minimum absolute atomic E-state index is 0.0305. The van der Waals surface area contributed by atoms with Crippen LogP contribution in [0.25, 0.3) is 0 Å². The first-order chi connectivity index (χ1) is 8.46. The van der Waals surface area contributed by atoms with E-state index in [9.17, 15) is 18.0 Å². The van der Waals surface area contributed by atoms with Crippen molar-refractivity contribution in [1.82, 2.24) is 5.32 Å². The van der Waals surface area contributed by atoms with Crippen LogP contribution in [0.3, 0.4) is 0 Å². The van der Waals surface area contributed by atoms with Gasteiger partial charge in [0.2, 0.25) is 0 Å². The van der Waals surface area contributed by atoms with Gasteiger partial charge in [0, 0.05) is 12.1 Å². The molecule has 6 heteroatoms. The summed E-state index contributed by atoms with van der Waals surface area (Å²) < 4.78 is 40.0. The standard InChI is InChI=1S/C12H12F3NO2/c13-12(14,15)18-9-6-10(16-7-9)11(17)8-4-2-1-3-5-8/h1-5,9-10,16H,6-7H2/t9-,10+/m1/s1. The molecule has 98 valence electrons. The molecule has 1 saturated heterocycles. The molecule has 0 bridgehead atoms. The Kier molecular flexibility index (Phi) is 3.68. The zero-order valence-electron chi connectivity index (χ0n) is 9.41. The zero-order valence-corrected chi connectivity index (χ0v) is 9.41. The SMILES string of the molecule is O=C(c1ccccc1)[C@@H]1C[C@@H](OC(F)(F)F)CN1. The van der Waals surface area contributed by atoms with Gasteiger partial charge in [-0.25, -0.2) is 0 Å². The molecule has 0 radical (unpaired) electrons. The normalized spacial score (nSPS) is 24.2. The molecular formula is C12H12F3NO2. The molecule has 1 aromatic carbocycles. The molecule has 1 heterocycles. The molecule has 1 N–H and O–H groups in total. The molecule has 2 atom stereocenters. The van der Waals surface area contributed by atoms with Gasteiger partial charge < -0.3 is 5.32 Å². The average molecular weight is 259 g/mol. The Morgan fingerprint density at radius 2 is 1.94 bits per heavy atom. The molecule has 0 unspecified atom stereocenters. The van der Waals surface area contributed by atoms with E-state index < -0.39 is 18.5 Å². The van der Waals surface area contributed by atoms with Gasteiger partial charge in [-0.05, 0) is 6.42 Å². The number of alkyl halides is 3. The lowest BCUT2D eigenvalue weighted by Gasteiger charge is -2.13. The fraction of sp³-hybridized carbons (Fsp3) is 0.417. The summed E-state index contributed by atoms with van der Waals surface area (Å²) in [5, 5.41) is 2.75. The van der Waals surface area contributed by atoms with Crippen molar-refractivity contribution >= 4 is 5.78 Å². The summed E-state index contributed by atoms with van der Waals surface area (Å²) in [7, 11) is 0. The van der Waals surface area contributed by atoms with Gasteiger partial charge in [0.1, 0.15) is 0 Å². The third-order valence-corrected chi connectivity index (χ3v) is 2.77. The van der Waals surface area contributed by atoms with Crippen LogP contribution in [-0.4, -0.2) is 30.8 Å². The predicted molar refractivity (Wildman–Crippen MR) is 58.1 cm³/mol. The fourth-order valence-electron chi connectivity index (χ4n) is 1.99. The minimum atomic E-state index is -4.66. The van der Waals surface area contributed by atoms with Gasteiger partial charge in [-0.2, -0.15) is 0 Å². The summed E-state index contributed by atoms with van der Waals surface area (Å²) >= 11 is 0. The topological polar surface area (TPSA) is 38.3 Å². The highest BCUT2D eigenvalue weighted by atomic mass is 19.4. The van der Waals surface area contributed by atoms with E-state index in [4.69, 9.17) is 0 Å². The van der Waals surface area contributed by atoms with Crippen molar-refractivity contribution in [2.75, 3.05) is 6.54 Å². The third kappa shape index (κ3) is 3.30. The monoisotopic (exact) mass is 259 g/mol. The van der Waals surface area contributed by atoms with E-state index in [0.717, 1.165) is 0 Å². The molecule has 2 rings (SSSR count). The van der Waals surface area contributed by atoms with Crippen LogP contribution in [0.1, 0.15) is 16.8 Å². The maximum atomic E-state index is 12.0. The van der Waals surface area contributed by atoms with E-state index in [1.54, 1.807) is 30.3 Å². The smallest absolute Gasteiger partial charge is 0.304 e. The Morgan fingerprint density at radius 1 is 1.28 bits per heavy atom. The van der Waals surface area contributed by atoms with Gasteiger partial charge >= 0.3 is 6.36 Å². The quantitative estimate of drug-likeness (QED) is 0.845. The second kappa shape index (κ2) is 5.07. The Balaban J connectivity index is 1.95. The lowest BCUT2D eigenvalue weighted by atomic mass is 10.0. The number of nitrogens with one attached hydrogen (secondary N) is 1. The van der Waals surface area contributed by atoms with E-state index >= 15 is 0 Å². The fourth-order valence-corrected chi connectivity index (χ4v) is 1.99. The van der Waals surface area contributed by atoms with Crippen molar-refractivity contribution in [1.29, 1.82) is 0 Å². The van der Waals surface area contributed by atoms with Crippen LogP contribution in [0.4, 0.5) is 13.2 Å². The maximum Gasteiger partial charge on any atom is 0.522 e. The van der Waals surface area contributed by atoms with Gasteiger partial charge in [0.15, 0.2) is 5.78 Å². The molecule has 3 nitrogen and oxygen atoms in total. The van der Waals surface area contributed by atoms with Gasteiger partial charge in [-0.15, -0.1) is 13.2 Å². The first kappa shape index (κ1) is 13.0. The molecule has 0 aromatic heterocycles. The molecule has 0 aliphatic carbocycles. The Bertz CT molecular complexity index is 419. The van der Waals surface area contributed by atoms with E-state index in [1.807, 2.05) is 0 Å². The van der Waals surface area contributed by atoms with Crippen LogP contribution in [0.15, 0.2) is 30.3 Å². The largest absolute Gasteiger partial charge is 0.522 e. The lowest BCUT2D eigenvalue weighted by Crippen LogP contribution is -2.30. The molecule has 1 aromatic rings. The number of carbonyl (C=O) groups excluding carboxylic acids is 1. The maximum absolute atomic E-state index is 12.0.